The van der Waals surface area contributed by atoms with Crippen molar-refractivity contribution in [3.8, 4) is 0 Å². The number of nitrogens with zero attached hydrogens (tertiary/aromatic N) is 1. The summed E-state index contributed by atoms with van der Waals surface area (Å²) in [7, 11) is 1.25. The molecule has 1 spiro atoms. The molecule has 16 heavy (non-hydrogen) atoms. The van der Waals surface area contributed by atoms with Crippen molar-refractivity contribution < 1.29 is 23.9 Å². The van der Waals surface area contributed by atoms with Gasteiger partial charge < -0.3 is 14.3 Å². The molecule has 0 bridgehead atoms. The van der Waals surface area contributed by atoms with Crippen molar-refractivity contribution in [2.75, 3.05) is 7.11 Å². The van der Waals surface area contributed by atoms with Crippen LogP contribution in [0, 0.1) is 0 Å². The summed E-state index contributed by atoms with van der Waals surface area (Å²) in [4.78, 5) is 27.5. The lowest BCUT2D eigenvalue weighted by atomic mass is 9.93. The van der Waals surface area contributed by atoms with Gasteiger partial charge in [-0.1, -0.05) is 11.6 Å². The summed E-state index contributed by atoms with van der Waals surface area (Å²) in [5, 5.41) is 3.29. The van der Waals surface area contributed by atoms with Crippen LogP contribution in [0.5, 0.6) is 0 Å². The van der Waals surface area contributed by atoms with Gasteiger partial charge in [0.2, 0.25) is 0 Å². The first kappa shape index (κ1) is 10.9. The second kappa shape index (κ2) is 4.11. The molecule has 0 aromatic rings. The molecule has 0 amide bonds. The van der Waals surface area contributed by atoms with E-state index < -0.39 is 23.4 Å². The van der Waals surface area contributed by atoms with E-state index in [1.165, 1.54) is 7.11 Å². The van der Waals surface area contributed by atoms with Gasteiger partial charge in [-0.05, 0) is 12.8 Å². The van der Waals surface area contributed by atoms with Gasteiger partial charge in [0.25, 0.3) is 11.5 Å². The van der Waals surface area contributed by atoms with E-state index in [0.29, 0.717) is 12.8 Å². The molecule has 2 aliphatic rings. The summed E-state index contributed by atoms with van der Waals surface area (Å²) in [5.41, 5.74) is -0.432. The van der Waals surface area contributed by atoms with E-state index in [0.717, 1.165) is 19.3 Å². The number of carbonyl (C=O) groups excluding carboxylic acids is 2. The monoisotopic (exact) mass is 227 g/mol. The highest BCUT2D eigenvalue weighted by atomic mass is 16.7. The second-order valence-electron chi connectivity index (χ2n) is 3.87. The first-order valence-electron chi connectivity index (χ1n) is 5.25. The highest BCUT2D eigenvalue weighted by Crippen LogP contribution is 2.35. The van der Waals surface area contributed by atoms with Gasteiger partial charge in [0.15, 0.2) is 0 Å². The standard InChI is InChI=1S/C10H13NO5/c1-14-11-7-8(12)15-10(16-9(7)13)5-3-2-4-6-10/h2-6H2,1H3. The molecule has 0 radical (unpaired) electrons. The number of hydrogen-bond donors (Lipinski definition) is 0. The highest BCUT2D eigenvalue weighted by molar-refractivity contribution is 6.63. The molecule has 2 fully saturated rings. The van der Waals surface area contributed by atoms with Crippen LogP contribution >= 0.6 is 0 Å². The lowest BCUT2D eigenvalue weighted by Crippen LogP contribution is -2.51. The Kier molecular flexibility index (Phi) is 2.80. The third-order valence-corrected chi connectivity index (χ3v) is 2.74. The number of rotatable bonds is 1. The largest absolute Gasteiger partial charge is 0.417 e. The Morgan fingerprint density at radius 2 is 1.69 bits per heavy atom. The van der Waals surface area contributed by atoms with Crippen LogP contribution in [0.3, 0.4) is 0 Å². The summed E-state index contributed by atoms with van der Waals surface area (Å²) in [6.07, 6.45) is 3.96. The van der Waals surface area contributed by atoms with Crippen LogP contribution in [0.1, 0.15) is 32.1 Å². The average Bonchev–Trinajstić information content (AvgIpc) is 2.24. The smallest absolute Gasteiger partial charge is 0.371 e. The summed E-state index contributed by atoms with van der Waals surface area (Å²) in [6, 6.07) is 0. The molecule has 0 unspecified atom stereocenters. The predicted molar refractivity (Wildman–Crippen MR) is 52.4 cm³/mol. The van der Waals surface area contributed by atoms with Gasteiger partial charge in [0, 0.05) is 12.8 Å². The summed E-state index contributed by atoms with van der Waals surface area (Å²) in [5.74, 6) is -2.58. The molecular formula is C10H13NO5. The molecule has 0 aromatic carbocycles. The maximum absolute atomic E-state index is 11.5. The van der Waals surface area contributed by atoms with Crippen molar-refractivity contribution in [2.45, 2.75) is 37.9 Å². The maximum Gasteiger partial charge on any atom is 0.371 e. The third-order valence-electron chi connectivity index (χ3n) is 2.74. The second-order valence-corrected chi connectivity index (χ2v) is 3.87. The zero-order valence-electron chi connectivity index (χ0n) is 9.02. The Morgan fingerprint density at radius 1 is 1.12 bits per heavy atom. The first-order chi connectivity index (χ1) is 7.67. The lowest BCUT2D eigenvalue weighted by Gasteiger charge is -2.38. The van der Waals surface area contributed by atoms with Crippen LogP contribution in [0.4, 0.5) is 0 Å². The van der Waals surface area contributed by atoms with E-state index >= 15 is 0 Å². The number of oxime groups is 1. The minimum absolute atomic E-state index is 0.432. The number of esters is 2. The van der Waals surface area contributed by atoms with E-state index in [2.05, 4.69) is 9.99 Å². The Bertz CT molecular complexity index is 321. The predicted octanol–water partition coefficient (Wildman–Crippen LogP) is 0.749. The summed E-state index contributed by atoms with van der Waals surface area (Å²) in [6.45, 7) is 0. The lowest BCUT2D eigenvalue weighted by molar-refractivity contribution is -0.237. The van der Waals surface area contributed by atoms with Crippen molar-refractivity contribution in [1.29, 1.82) is 0 Å². The molecule has 1 saturated heterocycles. The molecule has 1 aliphatic heterocycles. The fraction of sp³-hybridized carbons (Fsp3) is 0.700. The van der Waals surface area contributed by atoms with Gasteiger partial charge in [-0.3, -0.25) is 0 Å². The molecule has 1 saturated carbocycles. The van der Waals surface area contributed by atoms with Crippen molar-refractivity contribution in [3.63, 3.8) is 0 Å². The van der Waals surface area contributed by atoms with Crippen LogP contribution in [0.2, 0.25) is 0 Å². The Labute approximate surface area is 92.5 Å². The molecule has 1 aliphatic carbocycles. The molecule has 6 heteroatoms. The van der Waals surface area contributed by atoms with Gasteiger partial charge in [-0.25, -0.2) is 9.59 Å². The van der Waals surface area contributed by atoms with Crippen LogP contribution < -0.4 is 0 Å². The summed E-state index contributed by atoms with van der Waals surface area (Å²) >= 11 is 0. The SMILES string of the molecule is CON=C1C(=O)OC2(CCCCC2)OC1=O. The van der Waals surface area contributed by atoms with Crippen molar-refractivity contribution >= 4 is 17.7 Å². The highest BCUT2D eigenvalue weighted by Gasteiger charge is 2.48. The normalized spacial score (nSPS) is 23.7. The van der Waals surface area contributed by atoms with Gasteiger partial charge >= 0.3 is 11.9 Å². The van der Waals surface area contributed by atoms with Crippen molar-refractivity contribution in [2.24, 2.45) is 5.16 Å². The minimum Gasteiger partial charge on any atom is -0.417 e. The number of ether oxygens (including phenoxy) is 2. The first-order valence-corrected chi connectivity index (χ1v) is 5.25. The van der Waals surface area contributed by atoms with Gasteiger partial charge in [0.1, 0.15) is 7.11 Å². The Morgan fingerprint density at radius 3 is 2.19 bits per heavy atom. The van der Waals surface area contributed by atoms with Crippen LogP contribution in [-0.2, 0) is 23.9 Å². The van der Waals surface area contributed by atoms with Crippen LogP contribution in [0.25, 0.3) is 0 Å². The quantitative estimate of drug-likeness (QED) is 0.488. The molecule has 0 aromatic heterocycles. The fourth-order valence-corrected chi connectivity index (χ4v) is 2.00. The topological polar surface area (TPSA) is 74.2 Å². The van der Waals surface area contributed by atoms with Gasteiger partial charge in [0.05, 0.1) is 0 Å². The van der Waals surface area contributed by atoms with E-state index in [1.807, 2.05) is 0 Å². The molecule has 1 heterocycles. The molecule has 0 N–H and O–H groups in total. The van der Waals surface area contributed by atoms with Crippen LogP contribution in [0.15, 0.2) is 5.16 Å². The van der Waals surface area contributed by atoms with Crippen LogP contribution in [-0.4, -0.2) is 30.5 Å². The minimum atomic E-state index is -1.06. The average molecular weight is 227 g/mol. The molecular weight excluding hydrogens is 214 g/mol. The van der Waals surface area contributed by atoms with Gasteiger partial charge in [-0.2, -0.15) is 0 Å². The Balaban J connectivity index is 2.17. The summed E-state index contributed by atoms with van der Waals surface area (Å²) < 4.78 is 10.3. The Hall–Kier alpha value is -1.59. The zero-order valence-corrected chi connectivity index (χ0v) is 9.02. The van der Waals surface area contributed by atoms with E-state index in [-0.39, 0.29) is 0 Å². The maximum atomic E-state index is 11.5. The molecule has 0 atom stereocenters. The number of carbonyl (C=O) groups is 2. The van der Waals surface area contributed by atoms with E-state index in [4.69, 9.17) is 9.47 Å². The van der Waals surface area contributed by atoms with E-state index in [1.54, 1.807) is 0 Å². The molecule has 88 valence electrons. The third kappa shape index (κ3) is 1.87. The zero-order chi connectivity index (χ0) is 11.6. The van der Waals surface area contributed by atoms with E-state index in [9.17, 15) is 9.59 Å². The van der Waals surface area contributed by atoms with Crippen molar-refractivity contribution in [3.05, 3.63) is 0 Å². The fourth-order valence-electron chi connectivity index (χ4n) is 2.00. The molecule has 6 nitrogen and oxygen atoms in total. The molecule has 2 rings (SSSR count). The van der Waals surface area contributed by atoms with Gasteiger partial charge in [-0.15, -0.1) is 0 Å². The number of hydrogen-bond acceptors (Lipinski definition) is 6. The van der Waals surface area contributed by atoms with Crippen molar-refractivity contribution in [1.82, 2.24) is 0 Å².